The number of aldehydes is 1. The number of halogens is 4. The van der Waals surface area contributed by atoms with Crippen LogP contribution in [0, 0.1) is 3.57 Å². The summed E-state index contributed by atoms with van der Waals surface area (Å²) in [4.78, 5) is 13.8. The van der Waals surface area contributed by atoms with Crippen LogP contribution in [0.25, 0.3) is 0 Å². The Morgan fingerprint density at radius 2 is 2.23 bits per heavy atom. The van der Waals surface area contributed by atoms with E-state index < -0.39 is 12.0 Å². The van der Waals surface area contributed by atoms with Gasteiger partial charge in [-0.1, -0.05) is 11.6 Å². The molecule has 0 aliphatic rings. The fourth-order valence-electron chi connectivity index (χ4n) is 0.795. The van der Waals surface area contributed by atoms with Gasteiger partial charge in [0.2, 0.25) is 0 Å². The van der Waals surface area contributed by atoms with Crippen molar-refractivity contribution in [1.82, 2.24) is 4.98 Å². The maximum atomic E-state index is 12.4. The van der Waals surface area contributed by atoms with E-state index in [1.54, 1.807) is 22.6 Å². The number of nitrogens with zero attached hydrogens (tertiary/aromatic N) is 1. The van der Waals surface area contributed by atoms with Gasteiger partial charge in [-0.2, -0.15) is 0 Å². The van der Waals surface area contributed by atoms with Gasteiger partial charge in [0.15, 0.2) is 6.29 Å². The summed E-state index contributed by atoms with van der Waals surface area (Å²) in [6, 6.07) is 0. The van der Waals surface area contributed by atoms with Crippen molar-refractivity contribution in [1.29, 1.82) is 0 Å². The molecule has 0 fully saturated rings. The van der Waals surface area contributed by atoms with Crippen molar-refractivity contribution in [2.24, 2.45) is 0 Å². The molecular weight excluding hydrogens is 314 g/mol. The summed E-state index contributed by atoms with van der Waals surface area (Å²) < 4.78 is 25.0. The summed E-state index contributed by atoms with van der Waals surface area (Å²) in [6.07, 6.45) is -1.27. The van der Waals surface area contributed by atoms with Crippen LogP contribution in [0.1, 0.15) is 22.5 Å². The molecule has 0 aliphatic carbocycles. The second-order valence-electron chi connectivity index (χ2n) is 2.14. The molecule has 6 heteroatoms. The predicted molar refractivity (Wildman–Crippen MR) is 52.3 cm³/mol. The van der Waals surface area contributed by atoms with E-state index in [9.17, 15) is 13.6 Å². The Morgan fingerprint density at radius 3 is 2.69 bits per heavy atom. The van der Waals surface area contributed by atoms with Gasteiger partial charge in [-0.05, 0) is 22.6 Å². The number of hydrogen-bond acceptors (Lipinski definition) is 2. The zero-order valence-electron chi connectivity index (χ0n) is 6.10. The van der Waals surface area contributed by atoms with Crippen LogP contribution in [0.3, 0.4) is 0 Å². The standard InChI is InChI=1S/C7H3ClF2INO/c8-3-1-12-4(2-13)5(6(3)11)7(9)10/h1-2,7H. The number of rotatable bonds is 2. The highest BCUT2D eigenvalue weighted by Crippen LogP contribution is 2.30. The Labute approximate surface area is 91.4 Å². The van der Waals surface area contributed by atoms with Crippen molar-refractivity contribution >= 4 is 40.5 Å². The van der Waals surface area contributed by atoms with Crippen molar-refractivity contribution in [3.05, 3.63) is 26.0 Å². The van der Waals surface area contributed by atoms with E-state index in [1.165, 1.54) is 6.20 Å². The molecule has 0 radical (unpaired) electrons. The highest BCUT2D eigenvalue weighted by molar-refractivity contribution is 14.1. The zero-order chi connectivity index (χ0) is 10.0. The van der Waals surface area contributed by atoms with Gasteiger partial charge in [-0.25, -0.2) is 8.78 Å². The Balaban J connectivity index is 3.41. The van der Waals surface area contributed by atoms with E-state index in [0.717, 1.165) is 0 Å². The number of carbonyl (C=O) groups excluding carboxylic acids is 1. The van der Waals surface area contributed by atoms with Crippen LogP contribution < -0.4 is 0 Å². The second kappa shape index (κ2) is 4.28. The van der Waals surface area contributed by atoms with Gasteiger partial charge in [0.05, 0.1) is 10.6 Å². The molecule has 0 bridgehead atoms. The first-order valence-corrected chi connectivity index (χ1v) is 4.60. The highest BCUT2D eigenvalue weighted by Gasteiger charge is 2.19. The van der Waals surface area contributed by atoms with Crippen LogP contribution in [0.5, 0.6) is 0 Å². The quantitative estimate of drug-likeness (QED) is 0.620. The van der Waals surface area contributed by atoms with E-state index in [2.05, 4.69) is 4.98 Å². The van der Waals surface area contributed by atoms with Crippen LogP contribution in [0.2, 0.25) is 5.02 Å². The minimum absolute atomic E-state index is 0.126. The average molecular weight is 317 g/mol. The lowest BCUT2D eigenvalue weighted by Crippen LogP contribution is -2.00. The molecule has 0 amide bonds. The molecular formula is C7H3ClF2INO. The predicted octanol–water partition coefficient (Wildman–Crippen LogP) is 3.09. The second-order valence-corrected chi connectivity index (χ2v) is 3.62. The minimum atomic E-state index is -2.74. The summed E-state index contributed by atoms with van der Waals surface area (Å²) in [5.41, 5.74) is -0.660. The molecule has 0 aliphatic heterocycles. The summed E-state index contributed by atoms with van der Waals surface area (Å²) in [6.45, 7) is 0. The fourth-order valence-corrected chi connectivity index (χ4v) is 1.60. The van der Waals surface area contributed by atoms with E-state index in [0.29, 0.717) is 6.29 Å². The minimum Gasteiger partial charge on any atom is -0.296 e. The average Bonchev–Trinajstić information content (AvgIpc) is 2.08. The van der Waals surface area contributed by atoms with Crippen molar-refractivity contribution in [3.8, 4) is 0 Å². The molecule has 1 aromatic heterocycles. The van der Waals surface area contributed by atoms with Crippen LogP contribution >= 0.6 is 34.2 Å². The van der Waals surface area contributed by atoms with Gasteiger partial charge in [0.1, 0.15) is 5.69 Å². The van der Waals surface area contributed by atoms with Gasteiger partial charge in [0.25, 0.3) is 6.43 Å². The number of hydrogen-bond donors (Lipinski definition) is 0. The monoisotopic (exact) mass is 317 g/mol. The van der Waals surface area contributed by atoms with E-state index >= 15 is 0 Å². The maximum absolute atomic E-state index is 12.4. The SMILES string of the molecule is O=Cc1ncc(Cl)c(I)c1C(F)F. The van der Waals surface area contributed by atoms with Crippen molar-refractivity contribution < 1.29 is 13.6 Å². The van der Waals surface area contributed by atoms with Crippen molar-refractivity contribution in [2.75, 3.05) is 0 Å². The van der Waals surface area contributed by atoms with Crippen LogP contribution in [-0.2, 0) is 0 Å². The first-order valence-electron chi connectivity index (χ1n) is 3.15. The lowest BCUT2D eigenvalue weighted by molar-refractivity contribution is 0.110. The van der Waals surface area contributed by atoms with Gasteiger partial charge < -0.3 is 0 Å². The highest BCUT2D eigenvalue weighted by atomic mass is 127. The van der Waals surface area contributed by atoms with Gasteiger partial charge in [-0.15, -0.1) is 0 Å². The smallest absolute Gasteiger partial charge is 0.267 e. The molecule has 0 unspecified atom stereocenters. The third kappa shape index (κ3) is 2.14. The molecule has 0 atom stereocenters. The first-order chi connectivity index (χ1) is 6.07. The molecule has 0 saturated heterocycles. The van der Waals surface area contributed by atoms with Crippen LogP contribution in [0.15, 0.2) is 6.20 Å². The molecule has 1 rings (SSSR count). The van der Waals surface area contributed by atoms with E-state index in [-0.39, 0.29) is 14.3 Å². The van der Waals surface area contributed by atoms with E-state index in [1.807, 2.05) is 0 Å². The Kier molecular flexibility index (Phi) is 3.55. The first kappa shape index (κ1) is 10.8. The lowest BCUT2D eigenvalue weighted by Gasteiger charge is -2.06. The number of carbonyl (C=O) groups is 1. The topological polar surface area (TPSA) is 30.0 Å². The molecule has 13 heavy (non-hydrogen) atoms. The molecule has 0 N–H and O–H groups in total. The maximum Gasteiger partial charge on any atom is 0.267 e. The lowest BCUT2D eigenvalue weighted by atomic mass is 10.2. The molecule has 1 heterocycles. The summed E-state index contributed by atoms with van der Waals surface area (Å²) in [5, 5.41) is 0.126. The summed E-state index contributed by atoms with van der Waals surface area (Å²) in [5.74, 6) is 0. The zero-order valence-corrected chi connectivity index (χ0v) is 9.01. The normalized spacial score (nSPS) is 10.5. The molecule has 0 saturated carbocycles. The van der Waals surface area contributed by atoms with Crippen LogP contribution in [0.4, 0.5) is 8.78 Å². The van der Waals surface area contributed by atoms with Gasteiger partial charge in [-0.3, -0.25) is 9.78 Å². The summed E-state index contributed by atoms with van der Waals surface area (Å²) >= 11 is 7.23. The third-order valence-corrected chi connectivity index (χ3v) is 3.14. The molecule has 70 valence electrons. The Morgan fingerprint density at radius 1 is 1.62 bits per heavy atom. The molecule has 0 aromatic carbocycles. The van der Waals surface area contributed by atoms with E-state index in [4.69, 9.17) is 11.6 Å². The molecule has 2 nitrogen and oxygen atoms in total. The molecule has 1 aromatic rings. The van der Waals surface area contributed by atoms with Crippen molar-refractivity contribution in [2.45, 2.75) is 6.43 Å². The number of pyridine rings is 1. The van der Waals surface area contributed by atoms with Crippen LogP contribution in [-0.4, -0.2) is 11.3 Å². The summed E-state index contributed by atoms with van der Waals surface area (Å²) in [7, 11) is 0. The number of aromatic nitrogens is 1. The van der Waals surface area contributed by atoms with Crippen molar-refractivity contribution in [3.63, 3.8) is 0 Å². The van der Waals surface area contributed by atoms with Gasteiger partial charge >= 0.3 is 0 Å². The van der Waals surface area contributed by atoms with Gasteiger partial charge in [0, 0.05) is 9.77 Å². The molecule has 0 spiro atoms. The largest absolute Gasteiger partial charge is 0.296 e. The fraction of sp³-hybridized carbons (Fsp3) is 0.143. The number of alkyl halides is 2. The Bertz CT molecular complexity index is 346. The third-order valence-electron chi connectivity index (χ3n) is 1.37. The Hall–Kier alpha value is -0.300.